The number of anilines is 1. The Morgan fingerprint density at radius 2 is 1.58 bits per heavy atom. The molecule has 0 atom stereocenters. The van der Waals surface area contributed by atoms with E-state index >= 15 is 0 Å². The zero-order chi connectivity index (χ0) is 22.6. The number of nitrogens with zero attached hydrogens (tertiary/aromatic N) is 1. The summed E-state index contributed by atoms with van der Waals surface area (Å²) in [5.41, 5.74) is 2.91. The fourth-order valence-corrected chi connectivity index (χ4v) is 5.08. The molecule has 0 bridgehead atoms. The van der Waals surface area contributed by atoms with Crippen LogP contribution in [0.15, 0.2) is 71.6 Å². The number of carbonyl (C=O) groups is 1. The molecule has 0 heterocycles. The second-order valence-corrected chi connectivity index (χ2v) is 9.89. The van der Waals surface area contributed by atoms with Gasteiger partial charge in [-0.3, -0.25) is 9.10 Å². The third-order valence-corrected chi connectivity index (χ3v) is 6.98. The van der Waals surface area contributed by atoms with Crippen molar-refractivity contribution in [1.29, 1.82) is 0 Å². The fraction of sp³-hybridized carbons (Fsp3) is 0.174. The minimum absolute atomic E-state index is 0.114. The number of amides is 1. The molecule has 0 spiro atoms. The fourth-order valence-electron chi connectivity index (χ4n) is 3.17. The van der Waals surface area contributed by atoms with Crippen LogP contribution in [-0.4, -0.2) is 20.9 Å². The molecule has 0 saturated carbocycles. The van der Waals surface area contributed by atoms with Crippen LogP contribution in [0.1, 0.15) is 16.7 Å². The van der Waals surface area contributed by atoms with E-state index in [9.17, 15) is 13.2 Å². The largest absolute Gasteiger partial charge is 0.350 e. The van der Waals surface area contributed by atoms with E-state index in [1.807, 2.05) is 19.9 Å². The molecule has 0 aliphatic heterocycles. The number of hydrogen-bond acceptors (Lipinski definition) is 3. The summed E-state index contributed by atoms with van der Waals surface area (Å²) in [6.07, 6.45) is 0. The summed E-state index contributed by atoms with van der Waals surface area (Å²) in [4.78, 5) is 12.9. The van der Waals surface area contributed by atoms with Crippen LogP contribution in [0.3, 0.4) is 0 Å². The van der Waals surface area contributed by atoms with E-state index in [0.29, 0.717) is 21.3 Å². The van der Waals surface area contributed by atoms with Gasteiger partial charge >= 0.3 is 0 Å². The molecule has 0 saturated heterocycles. The van der Waals surface area contributed by atoms with Gasteiger partial charge in [-0.15, -0.1) is 0 Å². The Hall–Kier alpha value is -2.54. The Kier molecular flexibility index (Phi) is 7.26. The molecule has 0 aromatic heterocycles. The van der Waals surface area contributed by atoms with Crippen LogP contribution < -0.4 is 9.62 Å². The number of carbonyl (C=O) groups excluding carboxylic acids is 1. The number of rotatable bonds is 7. The topological polar surface area (TPSA) is 66.5 Å². The van der Waals surface area contributed by atoms with Crippen LogP contribution in [0, 0.1) is 13.8 Å². The lowest BCUT2D eigenvalue weighted by molar-refractivity contribution is -0.119. The van der Waals surface area contributed by atoms with Crippen molar-refractivity contribution in [3.05, 3.63) is 93.5 Å². The average molecular weight is 477 g/mol. The molecular formula is C23H22Cl2N2O3S. The van der Waals surface area contributed by atoms with Gasteiger partial charge in [0.2, 0.25) is 5.91 Å². The third-order valence-electron chi connectivity index (χ3n) is 4.60. The van der Waals surface area contributed by atoms with Crippen LogP contribution in [-0.2, 0) is 21.4 Å². The average Bonchev–Trinajstić information content (AvgIpc) is 2.71. The number of benzene rings is 3. The minimum Gasteiger partial charge on any atom is -0.350 e. The van der Waals surface area contributed by atoms with Crippen LogP contribution in [0.5, 0.6) is 0 Å². The highest BCUT2D eigenvalue weighted by Gasteiger charge is 2.27. The summed E-state index contributed by atoms with van der Waals surface area (Å²) in [7, 11) is -3.95. The molecule has 1 amide bonds. The molecule has 0 fully saturated rings. The number of nitrogens with one attached hydrogen (secondary N) is 1. The first kappa shape index (κ1) is 23.1. The molecule has 31 heavy (non-hydrogen) atoms. The molecule has 0 unspecified atom stereocenters. The number of hydrogen-bond donors (Lipinski definition) is 1. The highest BCUT2D eigenvalue weighted by atomic mass is 35.5. The van der Waals surface area contributed by atoms with Crippen molar-refractivity contribution >= 4 is 44.8 Å². The molecule has 8 heteroatoms. The first-order valence-electron chi connectivity index (χ1n) is 9.53. The minimum atomic E-state index is -3.95. The predicted molar refractivity (Wildman–Crippen MR) is 125 cm³/mol. The number of halogens is 2. The normalized spacial score (nSPS) is 11.2. The monoisotopic (exact) mass is 476 g/mol. The van der Waals surface area contributed by atoms with E-state index in [-0.39, 0.29) is 18.0 Å². The molecule has 0 aliphatic carbocycles. The lowest BCUT2D eigenvalue weighted by Crippen LogP contribution is -2.40. The number of aryl methyl sites for hydroxylation is 2. The zero-order valence-electron chi connectivity index (χ0n) is 17.1. The van der Waals surface area contributed by atoms with Crippen molar-refractivity contribution in [3.8, 4) is 0 Å². The summed E-state index contributed by atoms with van der Waals surface area (Å²) in [5, 5.41) is 3.66. The van der Waals surface area contributed by atoms with Crippen LogP contribution in [0.25, 0.3) is 0 Å². The maximum atomic E-state index is 13.4. The second kappa shape index (κ2) is 9.73. The van der Waals surface area contributed by atoms with Gasteiger partial charge in [-0.1, -0.05) is 53.5 Å². The Morgan fingerprint density at radius 3 is 2.19 bits per heavy atom. The van der Waals surface area contributed by atoms with E-state index in [1.54, 1.807) is 48.5 Å². The molecule has 5 nitrogen and oxygen atoms in total. The SMILES string of the molecule is Cc1cc(C)cc(N(CC(=O)NCc2ccc(Cl)cc2Cl)S(=O)(=O)c2ccccc2)c1. The first-order valence-corrected chi connectivity index (χ1v) is 11.7. The second-order valence-electron chi connectivity index (χ2n) is 7.18. The summed E-state index contributed by atoms with van der Waals surface area (Å²) < 4.78 is 27.9. The third kappa shape index (κ3) is 5.79. The Morgan fingerprint density at radius 1 is 0.935 bits per heavy atom. The smallest absolute Gasteiger partial charge is 0.264 e. The summed E-state index contributed by atoms with van der Waals surface area (Å²) in [5.74, 6) is -0.454. The van der Waals surface area contributed by atoms with Crippen molar-refractivity contribution in [2.24, 2.45) is 0 Å². The van der Waals surface area contributed by atoms with Crippen molar-refractivity contribution in [1.82, 2.24) is 5.32 Å². The van der Waals surface area contributed by atoms with E-state index in [4.69, 9.17) is 23.2 Å². The molecule has 3 aromatic rings. The van der Waals surface area contributed by atoms with Crippen LogP contribution in [0.2, 0.25) is 10.0 Å². The van der Waals surface area contributed by atoms with Gasteiger partial charge in [-0.25, -0.2) is 8.42 Å². The van der Waals surface area contributed by atoms with Gasteiger partial charge in [0.15, 0.2) is 0 Å². The van der Waals surface area contributed by atoms with E-state index in [0.717, 1.165) is 15.4 Å². The zero-order valence-corrected chi connectivity index (χ0v) is 19.4. The van der Waals surface area contributed by atoms with Crippen molar-refractivity contribution in [2.75, 3.05) is 10.8 Å². The molecule has 3 aromatic carbocycles. The lowest BCUT2D eigenvalue weighted by Gasteiger charge is -2.25. The van der Waals surface area contributed by atoms with Gasteiger partial charge in [-0.05, 0) is 66.9 Å². The Labute approximate surface area is 192 Å². The summed E-state index contributed by atoms with van der Waals surface area (Å²) in [6, 6.07) is 18.5. The highest BCUT2D eigenvalue weighted by Crippen LogP contribution is 2.26. The lowest BCUT2D eigenvalue weighted by atomic mass is 10.1. The maximum Gasteiger partial charge on any atom is 0.264 e. The van der Waals surface area contributed by atoms with Gasteiger partial charge in [0.25, 0.3) is 10.0 Å². The van der Waals surface area contributed by atoms with Gasteiger partial charge in [0.1, 0.15) is 6.54 Å². The van der Waals surface area contributed by atoms with Gasteiger partial charge < -0.3 is 5.32 Å². The Bertz CT molecular complexity index is 1180. The molecular weight excluding hydrogens is 455 g/mol. The predicted octanol–water partition coefficient (Wildman–Crippen LogP) is 5.12. The maximum absolute atomic E-state index is 13.4. The van der Waals surface area contributed by atoms with Crippen molar-refractivity contribution < 1.29 is 13.2 Å². The molecule has 162 valence electrons. The summed E-state index contributed by atoms with van der Waals surface area (Å²) >= 11 is 12.1. The van der Waals surface area contributed by atoms with Crippen molar-refractivity contribution in [3.63, 3.8) is 0 Å². The van der Waals surface area contributed by atoms with E-state index < -0.39 is 15.9 Å². The molecule has 3 rings (SSSR count). The molecule has 0 aliphatic rings. The number of sulfonamides is 1. The summed E-state index contributed by atoms with van der Waals surface area (Å²) in [6.45, 7) is 3.55. The van der Waals surface area contributed by atoms with E-state index in [2.05, 4.69) is 5.32 Å². The van der Waals surface area contributed by atoms with Gasteiger partial charge in [0, 0.05) is 16.6 Å². The van der Waals surface area contributed by atoms with Crippen LogP contribution in [0.4, 0.5) is 5.69 Å². The molecule has 0 radical (unpaired) electrons. The van der Waals surface area contributed by atoms with E-state index in [1.165, 1.54) is 12.1 Å². The Balaban J connectivity index is 1.88. The first-order chi connectivity index (χ1) is 14.7. The van der Waals surface area contributed by atoms with Crippen LogP contribution >= 0.6 is 23.2 Å². The highest BCUT2D eigenvalue weighted by molar-refractivity contribution is 7.92. The van der Waals surface area contributed by atoms with Gasteiger partial charge in [-0.2, -0.15) is 0 Å². The van der Waals surface area contributed by atoms with Crippen molar-refractivity contribution in [2.45, 2.75) is 25.3 Å². The molecule has 1 N–H and O–H groups in total. The standard InChI is InChI=1S/C23H22Cl2N2O3S/c1-16-10-17(2)12-20(11-16)27(31(29,30)21-6-4-3-5-7-21)15-23(28)26-14-18-8-9-19(24)13-22(18)25/h3-13H,14-15H2,1-2H3,(H,26,28). The quantitative estimate of drug-likeness (QED) is 0.514. The van der Waals surface area contributed by atoms with Gasteiger partial charge in [0.05, 0.1) is 10.6 Å².